The summed E-state index contributed by atoms with van der Waals surface area (Å²) >= 11 is 0. The molecule has 0 atom stereocenters. The molecule has 3 aromatic rings. The van der Waals surface area contributed by atoms with Crippen molar-refractivity contribution >= 4 is 21.6 Å². The average molecular weight is 437 g/mol. The number of carbonyl (C=O) groups is 1. The summed E-state index contributed by atoms with van der Waals surface area (Å²) < 4.78 is 33.0. The molecule has 1 aliphatic heterocycles. The molecule has 0 spiro atoms. The van der Waals surface area contributed by atoms with Crippen LogP contribution in [0.3, 0.4) is 0 Å². The molecule has 3 aromatic carbocycles. The quantitative estimate of drug-likeness (QED) is 0.596. The van der Waals surface area contributed by atoms with Gasteiger partial charge in [0.15, 0.2) is 5.75 Å². The maximum atomic E-state index is 12.8. The number of benzene rings is 3. The predicted octanol–water partition coefficient (Wildman–Crippen LogP) is 4.91. The SMILES string of the molecule is O=C(Nc1ccccc1Oc1ccccc1)c1ccc(S(=O)(=O)N2CCCCC2)cc1. The summed E-state index contributed by atoms with van der Waals surface area (Å²) in [5.41, 5.74) is 0.897. The van der Waals surface area contributed by atoms with Crippen LogP contribution in [-0.2, 0) is 10.0 Å². The first-order valence-corrected chi connectivity index (χ1v) is 11.7. The van der Waals surface area contributed by atoms with Crippen molar-refractivity contribution in [2.24, 2.45) is 0 Å². The number of piperidine rings is 1. The number of rotatable bonds is 6. The molecular formula is C24H24N2O4S. The second-order valence-electron chi connectivity index (χ2n) is 7.35. The minimum absolute atomic E-state index is 0.207. The van der Waals surface area contributed by atoms with E-state index in [1.54, 1.807) is 12.1 Å². The van der Waals surface area contributed by atoms with Crippen molar-refractivity contribution in [2.75, 3.05) is 18.4 Å². The molecule has 1 heterocycles. The highest BCUT2D eigenvalue weighted by Crippen LogP contribution is 2.29. The largest absolute Gasteiger partial charge is 0.455 e. The van der Waals surface area contributed by atoms with Gasteiger partial charge >= 0.3 is 0 Å². The van der Waals surface area contributed by atoms with E-state index in [-0.39, 0.29) is 10.8 Å². The summed E-state index contributed by atoms with van der Waals surface area (Å²) in [6.07, 6.45) is 2.81. The monoisotopic (exact) mass is 436 g/mol. The fraction of sp³-hybridized carbons (Fsp3) is 0.208. The Labute approximate surface area is 182 Å². The normalized spacial score (nSPS) is 14.7. The molecule has 0 radical (unpaired) electrons. The number of amides is 1. The Balaban J connectivity index is 1.48. The van der Waals surface area contributed by atoms with E-state index in [0.717, 1.165) is 19.3 Å². The molecule has 1 fully saturated rings. The van der Waals surface area contributed by atoms with Crippen LogP contribution in [-0.4, -0.2) is 31.7 Å². The van der Waals surface area contributed by atoms with Crippen LogP contribution in [0, 0.1) is 0 Å². The Morgan fingerprint density at radius 2 is 1.45 bits per heavy atom. The van der Waals surface area contributed by atoms with Crippen LogP contribution in [0.15, 0.2) is 83.8 Å². The zero-order valence-corrected chi connectivity index (χ0v) is 17.8. The molecule has 1 saturated heterocycles. The highest BCUT2D eigenvalue weighted by molar-refractivity contribution is 7.89. The molecular weight excluding hydrogens is 412 g/mol. The molecule has 0 aliphatic carbocycles. The zero-order valence-electron chi connectivity index (χ0n) is 17.0. The van der Waals surface area contributed by atoms with Gasteiger partial charge in [-0.2, -0.15) is 4.31 Å². The smallest absolute Gasteiger partial charge is 0.255 e. The van der Waals surface area contributed by atoms with Gasteiger partial charge in [0.1, 0.15) is 5.75 Å². The van der Waals surface area contributed by atoms with Crippen molar-refractivity contribution in [3.05, 3.63) is 84.4 Å². The van der Waals surface area contributed by atoms with Crippen molar-refractivity contribution in [1.29, 1.82) is 0 Å². The lowest BCUT2D eigenvalue weighted by molar-refractivity contribution is 0.102. The van der Waals surface area contributed by atoms with Crippen LogP contribution in [0.4, 0.5) is 5.69 Å². The molecule has 4 rings (SSSR count). The Bertz CT molecular complexity index is 1140. The molecule has 0 saturated carbocycles. The predicted molar refractivity (Wildman–Crippen MR) is 120 cm³/mol. The molecule has 7 heteroatoms. The number of hydrogen-bond donors (Lipinski definition) is 1. The Morgan fingerprint density at radius 1 is 0.806 bits per heavy atom. The van der Waals surface area contributed by atoms with Gasteiger partial charge in [0, 0.05) is 18.7 Å². The van der Waals surface area contributed by atoms with Crippen molar-refractivity contribution in [3.63, 3.8) is 0 Å². The van der Waals surface area contributed by atoms with Crippen molar-refractivity contribution in [2.45, 2.75) is 24.2 Å². The van der Waals surface area contributed by atoms with E-state index >= 15 is 0 Å². The number of nitrogens with zero attached hydrogens (tertiary/aromatic N) is 1. The molecule has 6 nitrogen and oxygen atoms in total. The third kappa shape index (κ3) is 4.95. The molecule has 1 N–H and O–H groups in total. The first-order valence-electron chi connectivity index (χ1n) is 10.3. The first kappa shape index (κ1) is 21.1. The van der Waals surface area contributed by atoms with E-state index < -0.39 is 10.0 Å². The number of hydrogen-bond acceptors (Lipinski definition) is 4. The van der Waals surface area contributed by atoms with Gasteiger partial charge in [-0.3, -0.25) is 4.79 Å². The summed E-state index contributed by atoms with van der Waals surface area (Å²) in [5.74, 6) is 0.842. The summed E-state index contributed by atoms with van der Waals surface area (Å²) in [5, 5.41) is 2.84. The van der Waals surface area contributed by atoms with Gasteiger partial charge in [-0.1, -0.05) is 36.8 Å². The van der Waals surface area contributed by atoms with E-state index in [2.05, 4.69) is 5.32 Å². The Morgan fingerprint density at radius 3 is 2.16 bits per heavy atom. The van der Waals surface area contributed by atoms with E-state index in [1.165, 1.54) is 28.6 Å². The maximum absolute atomic E-state index is 12.8. The van der Waals surface area contributed by atoms with Crippen LogP contribution < -0.4 is 10.1 Å². The Kier molecular flexibility index (Phi) is 6.34. The second-order valence-corrected chi connectivity index (χ2v) is 9.29. The fourth-order valence-electron chi connectivity index (χ4n) is 3.50. The van der Waals surface area contributed by atoms with Crippen LogP contribution in [0.1, 0.15) is 29.6 Å². The fourth-order valence-corrected chi connectivity index (χ4v) is 5.02. The zero-order chi connectivity index (χ0) is 21.7. The number of sulfonamides is 1. The van der Waals surface area contributed by atoms with E-state index in [4.69, 9.17) is 4.74 Å². The number of carbonyl (C=O) groups excluding carboxylic acids is 1. The lowest BCUT2D eigenvalue weighted by Gasteiger charge is -2.25. The number of ether oxygens (including phenoxy) is 1. The van der Waals surface area contributed by atoms with Crippen molar-refractivity contribution < 1.29 is 17.9 Å². The van der Waals surface area contributed by atoms with Gasteiger partial charge in [0.05, 0.1) is 10.6 Å². The molecule has 0 bridgehead atoms. The minimum Gasteiger partial charge on any atom is -0.455 e. The summed E-state index contributed by atoms with van der Waals surface area (Å²) in [4.78, 5) is 13.0. The standard InChI is InChI=1S/C24H24N2O4S/c27-24(25-22-11-5-6-12-23(22)30-20-9-3-1-4-10-20)19-13-15-21(16-14-19)31(28,29)26-17-7-2-8-18-26/h1,3-6,9-16H,2,7-8,17-18H2,(H,25,27). The highest BCUT2D eigenvalue weighted by atomic mass is 32.2. The molecule has 160 valence electrons. The topological polar surface area (TPSA) is 75.7 Å². The molecule has 0 aromatic heterocycles. The van der Waals surface area contributed by atoms with Crippen molar-refractivity contribution in [1.82, 2.24) is 4.31 Å². The van der Waals surface area contributed by atoms with Gasteiger partial charge in [-0.25, -0.2) is 8.42 Å². The summed E-state index contributed by atoms with van der Waals surface area (Å²) in [6.45, 7) is 1.09. The summed E-state index contributed by atoms with van der Waals surface area (Å²) in [6, 6.07) is 22.5. The molecule has 31 heavy (non-hydrogen) atoms. The lowest BCUT2D eigenvalue weighted by Crippen LogP contribution is -2.35. The maximum Gasteiger partial charge on any atom is 0.255 e. The number of nitrogens with one attached hydrogen (secondary N) is 1. The second kappa shape index (κ2) is 9.32. The van der Waals surface area contributed by atoms with Gasteiger partial charge in [-0.15, -0.1) is 0 Å². The molecule has 1 aliphatic rings. The average Bonchev–Trinajstić information content (AvgIpc) is 2.81. The van der Waals surface area contributed by atoms with Crippen LogP contribution in [0.5, 0.6) is 11.5 Å². The first-order chi connectivity index (χ1) is 15.0. The third-order valence-electron chi connectivity index (χ3n) is 5.18. The van der Waals surface area contributed by atoms with Crippen molar-refractivity contribution in [3.8, 4) is 11.5 Å². The minimum atomic E-state index is -3.52. The molecule has 0 unspecified atom stereocenters. The van der Waals surface area contributed by atoms with Crippen LogP contribution >= 0.6 is 0 Å². The van der Waals surface area contributed by atoms with E-state index in [9.17, 15) is 13.2 Å². The van der Waals surface area contributed by atoms with Gasteiger partial charge in [0.2, 0.25) is 10.0 Å². The molecule has 1 amide bonds. The number of anilines is 1. The highest BCUT2D eigenvalue weighted by Gasteiger charge is 2.26. The van der Waals surface area contributed by atoms with Gasteiger partial charge < -0.3 is 10.1 Å². The van der Waals surface area contributed by atoms with Crippen LogP contribution in [0.25, 0.3) is 0 Å². The van der Waals surface area contributed by atoms with E-state index in [1.807, 2.05) is 42.5 Å². The summed E-state index contributed by atoms with van der Waals surface area (Å²) in [7, 11) is -3.52. The van der Waals surface area contributed by atoms with E-state index in [0.29, 0.717) is 35.8 Å². The number of para-hydroxylation sites is 3. The Hall–Kier alpha value is -3.16. The van der Waals surface area contributed by atoms with Crippen LogP contribution in [0.2, 0.25) is 0 Å². The third-order valence-corrected chi connectivity index (χ3v) is 7.09. The van der Waals surface area contributed by atoms with Gasteiger partial charge in [-0.05, 0) is 61.4 Å². The lowest BCUT2D eigenvalue weighted by atomic mass is 10.2. The van der Waals surface area contributed by atoms with Gasteiger partial charge in [0.25, 0.3) is 5.91 Å².